The van der Waals surface area contributed by atoms with Crippen molar-refractivity contribution in [2.24, 2.45) is 0 Å². The van der Waals surface area contributed by atoms with E-state index < -0.39 is 0 Å². The van der Waals surface area contributed by atoms with Crippen LogP contribution in [0, 0.1) is 6.92 Å². The number of aryl methyl sites for hydroxylation is 1. The summed E-state index contributed by atoms with van der Waals surface area (Å²) in [5.41, 5.74) is 8.16. The van der Waals surface area contributed by atoms with E-state index in [1.54, 1.807) is 0 Å². The molecule has 0 spiro atoms. The third-order valence-electron chi connectivity index (χ3n) is 8.87. The minimum Gasteiger partial charge on any atom is -0.307 e. The average molecular weight is 566 g/mol. The zero-order chi connectivity index (χ0) is 29.8. The number of aromatic nitrogens is 3. The summed E-state index contributed by atoms with van der Waals surface area (Å²) in [4.78, 5) is 9.31. The number of pyridine rings is 2. The van der Waals surface area contributed by atoms with Crippen LogP contribution in [0.5, 0.6) is 0 Å². The highest BCUT2D eigenvalue weighted by Gasteiger charge is 2.20. The lowest BCUT2D eigenvalue weighted by Crippen LogP contribution is -1.96. The molecule has 0 N–H and O–H groups in total. The fourth-order valence-corrected chi connectivity index (χ4v) is 7.04. The molecule has 0 saturated carbocycles. The minimum absolute atomic E-state index is 1.05. The molecule has 0 unspecified atom stereocenters. The lowest BCUT2D eigenvalue weighted by Gasteiger charge is -2.13. The Morgan fingerprint density at radius 1 is 0.568 bits per heavy atom. The standard InChI is InChI=1S/C39H25N3.C2H6/c1-24-29(18-16-25-14-15-26-8-6-21-41-38(26)36(24)25)27-17-19-34-35(22-27)42(28-9-7-20-40-23-28)39-33-13-5-3-11-31(33)30-10-2-4-12-32(30)37(34)39;1-2/h2-23H,1H3;1-2H3. The van der Waals surface area contributed by atoms with Crippen molar-refractivity contribution >= 4 is 65.0 Å². The van der Waals surface area contributed by atoms with Crippen LogP contribution in [0.25, 0.3) is 81.8 Å². The first-order valence-corrected chi connectivity index (χ1v) is 15.3. The molecule has 210 valence electrons. The summed E-state index contributed by atoms with van der Waals surface area (Å²) >= 11 is 0. The van der Waals surface area contributed by atoms with Gasteiger partial charge in [0.2, 0.25) is 0 Å². The van der Waals surface area contributed by atoms with Crippen molar-refractivity contribution in [2.45, 2.75) is 20.8 Å². The maximum Gasteiger partial charge on any atom is 0.0783 e. The monoisotopic (exact) mass is 565 g/mol. The molecule has 0 amide bonds. The predicted octanol–water partition coefficient (Wildman–Crippen LogP) is 11.2. The lowest BCUT2D eigenvalue weighted by atomic mass is 9.92. The van der Waals surface area contributed by atoms with Crippen molar-refractivity contribution in [2.75, 3.05) is 0 Å². The van der Waals surface area contributed by atoms with E-state index in [9.17, 15) is 0 Å². The maximum atomic E-state index is 4.78. The quantitative estimate of drug-likeness (QED) is 0.195. The van der Waals surface area contributed by atoms with Crippen LogP contribution in [0.4, 0.5) is 0 Å². The molecule has 0 radical (unpaired) electrons. The summed E-state index contributed by atoms with van der Waals surface area (Å²) in [6.07, 6.45) is 5.70. The molecule has 0 aliphatic heterocycles. The van der Waals surface area contributed by atoms with E-state index in [1.807, 2.05) is 44.6 Å². The molecule has 44 heavy (non-hydrogen) atoms. The highest BCUT2D eigenvalue weighted by molar-refractivity contribution is 6.32. The normalized spacial score (nSPS) is 11.5. The van der Waals surface area contributed by atoms with Crippen LogP contribution in [-0.2, 0) is 0 Å². The van der Waals surface area contributed by atoms with Crippen LogP contribution in [-0.4, -0.2) is 14.5 Å². The van der Waals surface area contributed by atoms with E-state index in [0.717, 1.165) is 16.6 Å². The van der Waals surface area contributed by atoms with Crippen molar-refractivity contribution in [1.29, 1.82) is 0 Å². The van der Waals surface area contributed by atoms with Crippen LogP contribution in [0.1, 0.15) is 19.4 Å². The van der Waals surface area contributed by atoms with Gasteiger partial charge in [-0.1, -0.05) is 105 Å². The fraction of sp³-hybridized carbons (Fsp3) is 0.0732. The molecule has 0 aliphatic carbocycles. The Bertz CT molecular complexity index is 2520. The van der Waals surface area contributed by atoms with Crippen molar-refractivity contribution in [1.82, 2.24) is 14.5 Å². The Hall–Kier alpha value is -5.54. The SMILES string of the molecule is CC.Cc1c(-c2ccc3c4c5ccccc5c5ccccc5c4n(-c4cccnc4)c3c2)ccc2ccc3cccnc3c12. The summed E-state index contributed by atoms with van der Waals surface area (Å²) in [6.45, 7) is 6.23. The highest BCUT2D eigenvalue weighted by Crippen LogP contribution is 2.43. The second-order valence-electron chi connectivity index (χ2n) is 11.1. The molecular formula is C41H31N3. The van der Waals surface area contributed by atoms with Gasteiger partial charge in [0.15, 0.2) is 0 Å². The second kappa shape index (κ2) is 10.3. The van der Waals surface area contributed by atoms with Gasteiger partial charge in [0, 0.05) is 39.3 Å². The Labute approximate surface area is 256 Å². The molecule has 0 atom stereocenters. The minimum atomic E-state index is 1.05. The molecule has 0 saturated heterocycles. The number of nitrogens with zero attached hydrogens (tertiary/aromatic N) is 3. The molecule has 9 rings (SSSR count). The highest BCUT2D eigenvalue weighted by atomic mass is 15.0. The third-order valence-corrected chi connectivity index (χ3v) is 8.87. The first-order valence-electron chi connectivity index (χ1n) is 15.3. The number of benzene rings is 6. The van der Waals surface area contributed by atoms with E-state index in [2.05, 4.69) is 120 Å². The summed E-state index contributed by atoms with van der Waals surface area (Å²) in [5, 5.41) is 11.2. The molecule has 6 aromatic carbocycles. The van der Waals surface area contributed by atoms with Crippen LogP contribution >= 0.6 is 0 Å². The first kappa shape index (κ1) is 26.1. The van der Waals surface area contributed by atoms with E-state index in [1.165, 1.54) is 70.8 Å². The number of rotatable bonds is 2. The molecule has 9 aromatic rings. The summed E-state index contributed by atoms with van der Waals surface area (Å²) in [6, 6.07) is 41.7. The smallest absolute Gasteiger partial charge is 0.0783 e. The van der Waals surface area contributed by atoms with Gasteiger partial charge in [0.25, 0.3) is 0 Å². The summed E-state index contributed by atoms with van der Waals surface area (Å²) in [7, 11) is 0. The molecule has 0 fully saturated rings. The van der Waals surface area contributed by atoms with E-state index >= 15 is 0 Å². The fourth-order valence-electron chi connectivity index (χ4n) is 7.04. The number of hydrogen-bond acceptors (Lipinski definition) is 2. The zero-order valence-electron chi connectivity index (χ0n) is 25.0. The van der Waals surface area contributed by atoms with Gasteiger partial charge in [-0.2, -0.15) is 0 Å². The van der Waals surface area contributed by atoms with Gasteiger partial charge in [-0.3, -0.25) is 9.97 Å². The topological polar surface area (TPSA) is 30.7 Å². The summed E-state index contributed by atoms with van der Waals surface area (Å²) < 4.78 is 2.41. The van der Waals surface area contributed by atoms with Gasteiger partial charge >= 0.3 is 0 Å². The molecule has 3 nitrogen and oxygen atoms in total. The average Bonchev–Trinajstić information content (AvgIpc) is 3.44. The van der Waals surface area contributed by atoms with Gasteiger partial charge in [0.05, 0.1) is 28.4 Å². The largest absolute Gasteiger partial charge is 0.307 e. The van der Waals surface area contributed by atoms with Gasteiger partial charge in [0.1, 0.15) is 0 Å². The van der Waals surface area contributed by atoms with Crippen molar-refractivity contribution in [3.8, 4) is 16.8 Å². The first-order chi connectivity index (χ1) is 21.8. The van der Waals surface area contributed by atoms with Gasteiger partial charge in [-0.05, 0) is 69.4 Å². The number of fused-ring (bicyclic) bond motifs is 11. The second-order valence-corrected chi connectivity index (χ2v) is 11.1. The van der Waals surface area contributed by atoms with Gasteiger partial charge in [-0.15, -0.1) is 0 Å². The molecular weight excluding hydrogens is 534 g/mol. The summed E-state index contributed by atoms with van der Waals surface area (Å²) in [5.74, 6) is 0. The van der Waals surface area contributed by atoms with Crippen molar-refractivity contribution < 1.29 is 0 Å². The molecule has 0 aliphatic rings. The lowest BCUT2D eigenvalue weighted by molar-refractivity contribution is 1.15. The molecule has 0 bridgehead atoms. The van der Waals surface area contributed by atoms with Crippen molar-refractivity contribution in [3.63, 3.8) is 0 Å². The van der Waals surface area contributed by atoms with Gasteiger partial charge < -0.3 is 4.57 Å². The Morgan fingerprint density at radius 3 is 2.07 bits per heavy atom. The van der Waals surface area contributed by atoms with E-state index in [4.69, 9.17) is 4.98 Å². The molecule has 3 heteroatoms. The van der Waals surface area contributed by atoms with E-state index in [0.29, 0.717) is 0 Å². The van der Waals surface area contributed by atoms with Crippen molar-refractivity contribution in [3.05, 3.63) is 139 Å². The Morgan fingerprint density at radius 2 is 1.27 bits per heavy atom. The Balaban J connectivity index is 0.00000142. The van der Waals surface area contributed by atoms with E-state index in [-0.39, 0.29) is 0 Å². The third kappa shape index (κ3) is 3.76. The Kier molecular flexibility index (Phi) is 6.13. The van der Waals surface area contributed by atoms with Crippen LogP contribution in [0.2, 0.25) is 0 Å². The zero-order valence-corrected chi connectivity index (χ0v) is 25.0. The van der Waals surface area contributed by atoms with Crippen LogP contribution in [0.3, 0.4) is 0 Å². The van der Waals surface area contributed by atoms with Crippen LogP contribution in [0.15, 0.2) is 134 Å². The van der Waals surface area contributed by atoms with Gasteiger partial charge in [-0.25, -0.2) is 0 Å². The maximum absolute atomic E-state index is 4.78. The number of hydrogen-bond donors (Lipinski definition) is 0. The molecule has 3 aromatic heterocycles. The predicted molar refractivity (Wildman–Crippen MR) is 188 cm³/mol. The molecule has 3 heterocycles. The van der Waals surface area contributed by atoms with Crippen LogP contribution < -0.4 is 0 Å².